The molecule has 0 atom stereocenters. The average Bonchev–Trinajstić information content (AvgIpc) is 2.57. The summed E-state index contributed by atoms with van der Waals surface area (Å²) < 4.78 is 5.00. The van der Waals surface area contributed by atoms with Gasteiger partial charge in [-0.3, -0.25) is 14.5 Å². The van der Waals surface area contributed by atoms with Crippen molar-refractivity contribution >= 4 is 17.6 Å². The quantitative estimate of drug-likeness (QED) is 0.756. The molecule has 0 unspecified atom stereocenters. The van der Waals surface area contributed by atoms with Crippen molar-refractivity contribution in [1.29, 1.82) is 0 Å². The van der Waals surface area contributed by atoms with Crippen LogP contribution >= 0.6 is 0 Å². The highest BCUT2D eigenvalue weighted by molar-refractivity contribution is 5.93. The fourth-order valence-electron chi connectivity index (χ4n) is 3.04. The number of hydrogen-bond acceptors (Lipinski definition) is 4. The maximum Gasteiger partial charge on any atom is 0.302 e. The highest BCUT2D eigenvalue weighted by Crippen LogP contribution is 2.24. The maximum atomic E-state index is 12.4. The van der Waals surface area contributed by atoms with Crippen LogP contribution in [0.4, 0.5) is 5.69 Å². The van der Waals surface area contributed by atoms with Gasteiger partial charge in [-0.2, -0.15) is 0 Å². The fraction of sp³-hybridized carbons (Fsp3) is 0.556. The van der Waals surface area contributed by atoms with E-state index < -0.39 is 0 Å². The van der Waals surface area contributed by atoms with Gasteiger partial charge in [0.25, 0.3) is 0 Å². The molecule has 1 heterocycles. The lowest BCUT2D eigenvalue weighted by Crippen LogP contribution is -2.48. The summed E-state index contributed by atoms with van der Waals surface area (Å²) in [6.07, 6.45) is 2.41. The first-order chi connectivity index (χ1) is 11.1. The second-order valence-electron chi connectivity index (χ2n) is 5.87. The number of anilines is 1. The normalized spacial score (nSPS) is 16.1. The Balaban J connectivity index is 1.93. The number of para-hydroxylation sites is 1. The summed E-state index contributed by atoms with van der Waals surface area (Å²) in [6, 6.07) is 10.2. The molecule has 1 aromatic carbocycles. The van der Waals surface area contributed by atoms with E-state index in [-0.39, 0.29) is 17.9 Å². The lowest BCUT2D eigenvalue weighted by Gasteiger charge is -2.38. The molecule has 0 saturated carbocycles. The van der Waals surface area contributed by atoms with Crippen molar-refractivity contribution in [3.8, 4) is 0 Å². The number of likely N-dealkylation sites (tertiary alicyclic amines) is 1. The fourth-order valence-corrected chi connectivity index (χ4v) is 3.04. The smallest absolute Gasteiger partial charge is 0.302 e. The van der Waals surface area contributed by atoms with E-state index in [9.17, 15) is 9.59 Å². The summed E-state index contributed by atoms with van der Waals surface area (Å²) in [5.41, 5.74) is 0.984. The van der Waals surface area contributed by atoms with E-state index in [0.29, 0.717) is 13.0 Å². The summed E-state index contributed by atoms with van der Waals surface area (Å²) in [5, 5.41) is 0. The summed E-state index contributed by atoms with van der Waals surface area (Å²) in [5.74, 6) is -0.0572. The number of rotatable bonds is 6. The van der Waals surface area contributed by atoms with E-state index in [0.717, 1.165) is 38.2 Å². The summed E-state index contributed by atoms with van der Waals surface area (Å²) in [4.78, 5) is 27.5. The van der Waals surface area contributed by atoms with Crippen LogP contribution in [-0.2, 0) is 14.3 Å². The molecule has 1 aromatic rings. The van der Waals surface area contributed by atoms with Crippen molar-refractivity contribution in [3.05, 3.63) is 30.3 Å². The molecular formula is C18H26N2O3. The zero-order valence-corrected chi connectivity index (χ0v) is 14.0. The number of ether oxygens (including phenoxy) is 1. The molecule has 0 bridgehead atoms. The number of carbonyl (C=O) groups excluding carboxylic acids is 2. The Morgan fingerprint density at radius 1 is 1.22 bits per heavy atom. The van der Waals surface area contributed by atoms with Crippen molar-refractivity contribution in [1.82, 2.24) is 4.90 Å². The van der Waals surface area contributed by atoms with Crippen molar-refractivity contribution in [2.75, 3.05) is 31.1 Å². The van der Waals surface area contributed by atoms with Crippen LogP contribution in [0.1, 0.15) is 33.1 Å². The standard InChI is InChI=1S/C18H26N2O3/c1-3-18(22)20(16-7-5-4-6-8-16)17-9-11-19(12-10-17)13-14-23-15(2)21/h4-8,17H,3,9-14H2,1-2H3. The molecule has 1 amide bonds. The van der Waals surface area contributed by atoms with Crippen LogP contribution < -0.4 is 4.90 Å². The number of esters is 1. The van der Waals surface area contributed by atoms with Gasteiger partial charge in [-0.05, 0) is 25.0 Å². The topological polar surface area (TPSA) is 49.9 Å². The van der Waals surface area contributed by atoms with Crippen molar-refractivity contribution in [2.24, 2.45) is 0 Å². The minimum absolute atomic E-state index is 0.176. The number of piperidine rings is 1. The Hall–Kier alpha value is -1.88. The third-order valence-corrected chi connectivity index (χ3v) is 4.24. The molecule has 126 valence electrons. The molecular weight excluding hydrogens is 292 g/mol. The van der Waals surface area contributed by atoms with E-state index in [1.807, 2.05) is 42.2 Å². The molecule has 0 aromatic heterocycles. The largest absolute Gasteiger partial charge is 0.465 e. The first kappa shape index (κ1) is 17.5. The van der Waals surface area contributed by atoms with Gasteiger partial charge in [0.15, 0.2) is 0 Å². The Bertz CT molecular complexity index is 510. The van der Waals surface area contributed by atoms with Crippen LogP contribution in [0.2, 0.25) is 0 Å². The third-order valence-electron chi connectivity index (χ3n) is 4.24. The van der Waals surface area contributed by atoms with Gasteiger partial charge >= 0.3 is 5.97 Å². The molecule has 5 nitrogen and oxygen atoms in total. The zero-order valence-electron chi connectivity index (χ0n) is 14.0. The minimum Gasteiger partial charge on any atom is -0.465 e. The molecule has 1 aliphatic heterocycles. The highest BCUT2D eigenvalue weighted by atomic mass is 16.5. The minimum atomic E-state index is -0.233. The maximum absolute atomic E-state index is 12.4. The van der Waals surface area contributed by atoms with Gasteiger partial charge in [0.1, 0.15) is 6.61 Å². The molecule has 0 spiro atoms. The van der Waals surface area contributed by atoms with Crippen LogP contribution in [0, 0.1) is 0 Å². The highest BCUT2D eigenvalue weighted by Gasteiger charge is 2.28. The monoisotopic (exact) mass is 318 g/mol. The lowest BCUT2D eigenvalue weighted by molar-refractivity contribution is -0.141. The van der Waals surface area contributed by atoms with Gasteiger partial charge in [0, 0.05) is 44.7 Å². The first-order valence-corrected chi connectivity index (χ1v) is 8.34. The van der Waals surface area contributed by atoms with Crippen molar-refractivity contribution < 1.29 is 14.3 Å². The number of hydrogen-bond donors (Lipinski definition) is 0. The van der Waals surface area contributed by atoms with E-state index in [1.165, 1.54) is 6.92 Å². The zero-order chi connectivity index (χ0) is 16.7. The Labute approximate surface area is 138 Å². The van der Waals surface area contributed by atoms with Crippen molar-refractivity contribution in [2.45, 2.75) is 39.2 Å². The van der Waals surface area contributed by atoms with Gasteiger partial charge in [-0.1, -0.05) is 25.1 Å². The van der Waals surface area contributed by atoms with Crippen LogP contribution in [0.15, 0.2) is 30.3 Å². The van der Waals surface area contributed by atoms with E-state index in [4.69, 9.17) is 4.74 Å². The molecule has 0 radical (unpaired) electrons. The average molecular weight is 318 g/mol. The summed E-state index contributed by atoms with van der Waals surface area (Å²) >= 11 is 0. The molecule has 1 fully saturated rings. The number of carbonyl (C=O) groups is 2. The molecule has 1 saturated heterocycles. The van der Waals surface area contributed by atoms with E-state index in [1.54, 1.807) is 0 Å². The first-order valence-electron chi connectivity index (χ1n) is 8.34. The predicted octanol–water partition coefficient (Wildman–Crippen LogP) is 2.46. The van der Waals surface area contributed by atoms with Gasteiger partial charge in [-0.15, -0.1) is 0 Å². The van der Waals surface area contributed by atoms with E-state index in [2.05, 4.69) is 4.90 Å². The van der Waals surface area contributed by atoms with Crippen LogP contribution in [0.3, 0.4) is 0 Å². The third kappa shape index (κ3) is 5.06. The number of amides is 1. The Morgan fingerprint density at radius 3 is 2.43 bits per heavy atom. The van der Waals surface area contributed by atoms with Gasteiger partial charge in [0.2, 0.25) is 5.91 Å². The van der Waals surface area contributed by atoms with Crippen LogP contribution in [-0.4, -0.2) is 49.1 Å². The molecule has 2 rings (SSSR count). The Kier molecular flexibility index (Phi) is 6.59. The molecule has 1 aliphatic rings. The molecule has 0 N–H and O–H groups in total. The molecule has 23 heavy (non-hydrogen) atoms. The SMILES string of the molecule is CCC(=O)N(c1ccccc1)C1CCN(CCOC(C)=O)CC1. The van der Waals surface area contributed by atoms with Gasteiger partial charge in [-0.25, -0.2) is 0 Å². The second-order valence-corrected chi connectivity index (χ2v) is 5.87. The van der Waals surface area contributed by atoms with Crippen LogP contribution in [0.5, 0.6) is 0 Å². The van der Waals surface area contributed by atoms with Gasteiger partial charge < -0.3 is 9.64 Å². The van der Waals surface area contributed by atoms with Crippen molar-refractivity contribution in [3.63, 3.8) is 0 Å². The van der Waals surface area contributed by atoms with Crippen LogP contribution in [0.25, 0.3) is 0 Å². The van der Waals surface area contributed by atoms with E-state index >= 15 is 0 Å². The second kappa shape index (κ2) is 8.67. The summed E-state index contributed by atoms with van der Waals surface area (Å²) in [6.45, 7) is 6.39. The molecule has 0 aliphatic carbocycles. The number of nitrogens with zero attached hydrogens (tertiary/aromatic N) is 2. The molecule has 5 heteroatoms. The lowest BCUT2D eigenvalue weighted by atomic mass is 10.0. The Morgan fingerprint density at radius 2 is 1.87 bits per heavy atom. The predicted molar refractivity (Wildman–Crippen MR) is 90.3 cm³/mol. The summed E-state index contributed by atoms with van der Waals surface area (Å²) in [7, 11) is 0. The number of benzene rings is 1. The van der Waals surface area contributed by atoms with Gasteiger partial charge in [0.05, 0.1) is 0 Å².